The Morgan fingerprint density at radius 2 is 0.703 bits per heavy atom. The van der Waals surface area contributed by atoms with E-state index >= 15 is 0 Å². The second kappa shape index (κ2) is 63.6. The number of carbonyl (C=O) groups is 2. The first-order valence-corrected chi connectivity index (χ1v) is 33.2. The van der Waals surface area contributed by atoms with Gasteiger partial charge in [0.15, 0.2) is 0 Å². The molecule has 0 aliphatic rings. The highest BCUT2D eigenvalue weighted by atomic mass is 16.5. The van der Waals surface area contributed by atoms with E-state index in [2.05, 4.69) is 55.6 Å². The summed E-state index contributed by atoms with van der Waals surface area (Å²) in [6.07, 6.45) is 80.3. The molecule has 0 rings (SSSR count). The minimum absolute atomic E-state index is 0.00670. The first-order valence-electron chi connectivity index (χ1n) is 33.2. The van der Waals surface area contributed by atoms with Gasteiger partial charge in [0.1, 0.15) is 0 Å². The fraction of sp³-hybridized carbons (Fsp3) is 0.882. The van der Waals surface area contributed by atoms with E-state index in [-0.39, 0.29) is 18.5 Å². The topological polar surface area (TPSA) is 95.9 Å². The minimum Gasteiger partial charge on any atom is -0.466 e. The van der Waals surface area contributed by atoms with Crippen molar-refractivity contribution in [3.63, 3.8) is 0 Å². The molecule has 0 aliphatic heterocycles. The van der Waals surface area contributed by atoms with E-state index < -0.39 is 12.1 Å². The molecule has 0 saturated heterocycles. The van der Waals surface area contributed by atoms with Crippen molar-refractivity contribution in [1.82, 2.24) is 5.32 Å². The lowest BCUT2D eigenvalue weighted by atomic mass is 10.0. The van der Waals surface area contributed by atoms with Gasteiger partial charge in [-0.2, -0.15) is 0 Å². The first-order chi connectivity index (χ1) is 36.5. The Bertz CT molecular complexity index is 1200. The molecule has 2 unspecified atom stereocenters. The Morgan fingerprint density at radius 3 is 1.09 bits per heavy atom. The number of nitrogens with one attached hydrogen (secondary N) is 1. The van der Waals surface area contributed by atoms with Crippen LogP contribution in [-0.4, -0.2) is 47.4 Å². The van der Waals surface area contributed by atoms with Gasteiger partial charge >= 0.3 is 5.97 Å². The quantitative estimate of drug-likeness (QED) is 0.0320. The molecule has 1 amide bonds. The van der Waals surface area contributed by atoms with E-state index in [1.54, 1.807) is 0 Å². The smallest absolute Gasteiger partial charge is 0.305 e. The number of ether oxygens (including phenoxy) is 1. The molecule has 0 aromatic rings. The van der Waals surface area contributed by atoms with Crippen LogP contribution in [0.3, 0.4) is 0 Å². The number of allylic oxidation sites excluding steroid dienone is 6. The summed E-state index contributed by atoms with van der Waals surface area (Å²) in [7, 11) is 0. The number of esters is 1. The number of carbonyl (C=O) groups excluding carboxylic acids is 2. The molecule has 74 heavy (non-hydrogen) atoms. The summed E-state index contributed by atoms with van der Waals surface area (Å²) in [6, 6.07) is -0.549. The number of hydrogen-bond donors (Lipinski definition) is 3. The molecule has 0 saturated carbocycles. The summed E-state index contributed by atoms with van der Waals surface area (Å²) in [5.41, 5.74) is 0. The van der Waals surface area contributed by atoms with Crippen molar-refractivity contribution in [2.45, 2.75) is 373 Å². The normalized spacial score (nSPS) is 12.8. The monoisotopic (exact) mass is 1040 g/mol. The van der Waals surface area contributed by atoms with Crippen LogP contribution in [0, 0.1) is 0 Å². The number of rotatable bonds is 62. The Balaban J connectivity index is 3.43. The molecule has 0 aliphatic carbocycles. The molecule has 0 spiro atoms. The standard InChI is InChI=1S/C68H129NO5/c1-3-5-7-9-11-13-15-17-18-19-20-21-22-24-27-30-33-37-40-44-48-52-56-60-66(71)65(64-70)69-67(72)61-57-53-49-45-41-38-34-31-28-25-23-26-29-32-35-39-43-47-51-55-59-63-74-68(73)62-58-54-50-46-42-36-16-14-12-10-8-6-4-2/h8,10,14,16,25,28,65-66,70-71H,3-7,9,11-13,15,17-24,26-27,29-64H2,1-2H3,(H,69,72)/b10-8-,16-14-,28-25-. The van der Waals surface area contributed by atoms with Crippen molar-refractivity contribution in [2.24, 2.45) is 0 Å². The van der Waals surface area contributed by atoms with Crippen LogP contribution in [0.25, 0.3) is 0 Å². The van der Waals surface area contributed by atoms with Crippen LogP contribution in [0.5, 0.6) is 0 Å². The lowest BCUT2D eigenvalue weighted by Gasteiger charge is -2.22. The van der Waals surface area contributed by atoms with E-state index in [0.717, 1.165) is 51.4 Å². The summed E-state index contributed by atoms with van der Waals surface area (Å²) < 4.78 is 5.47. The van der Waals surface area contributed by atoms with Crippen molar-refractivity contribution in [2.75, 3.05) is 13.2 Å². The summed E-state index contributed by atoms with van der Waals surface area (Å²) in [5.74, 6) is -0.0462. The fourth-order valence-electron chi connectivity index (χ4n) is 10.3. The number of hydrogen-bond acceptors (Lipinski definition) is 5. The van der Waals surface area contributed by atoms with Gasteiger partial charge in [-0.3, -0.25) is 9.59 Å². The number of aliphatic hydroxyl groups excluding tert-OH is 2. The molecule has 0 heterocycles. The Morgan fingerprint density at radius 1 is 0.378 bits per heavy atom. The Labute approximate surface area is 462 Å². The van der Waals surface area contributed by atoms with E-state index in [1.165, 1.54) is 276 Å². The van der Waals surface area contributed by atoms with Crippen LogP contribution in [-0.2, 0) is 14.3 Å². The van der Waals surface area contributed by atoms with Crippen molar-refractivity contribution in [3.05, 3.63) is 36.5 Å². The van der Waals surface area contributed by atoms with Crippen molar-refractivity contribution in [1.29, 1.82) is 0 Å². The zero-order valence-corrected chi connectivity index (χ0v) is 49.8. The molecule has 0 fully saturated rings. The van der Waals surface area contributed by atoms with Crippen LogP contribution in [0.4, 0.5) is 0 Å². The second-order valence-corrected chi connectivity index (χ2v) is 22.8. The average Bonchev–Trinajstić information content (AvgIpc) is 3.40. The van der Waals surface area contributed by atoms with Crippen molar-refractivity contribution < 1.29 is 24.5 Å². The van der Waals surface area contributed by atoms with Crippen molar-refractivity contribution in [3.8, 4) is 0 Å². The second-order valence-electron chi connectivity index (χ2n) is 22.8. The summed E-state index contributed by atoms with van der Waals surface area (Å²) in [5, 5.41) is 23.4. The molecular weight excluding hydrogens is 911 g/mol. The predicted molar refractivity (Wildman–Crippen MR) is 324 cm³/mol. The third kappa shape index (κ3) is 59.3. The molecule has 0 aromatic carbocycles. The number of amides is 1. The molecule has 2 atom stereocenters. The van der Waals surface area contributed by atoms with Gasteiger partial charge in [0, 0.05) is 12.8 Å². The first kappa shape index (κ1) is 72.1. The SMILES string of the molecule is CCC/C=C\C/C=C\CCCCCCCC(=O)OCCCCCCCCCCCC/C=C\CCCCCCCCCC(=O)NC(CO)C(O)CCCCCCCCCCCCCCCCCCCCCCCCC. The predicted octanol–water partition coefficient (Wildman–Crippen LogP) is 21.1. The maximum absolute atomic E-state index is 12.5. The fourth-order valence-corrected chi connectivity index (χ4v) is 10.3. The highest BCUT2D eigenvalue weighted by Crippen LogP contribution is 2.18. The summed E-state index contributed by atoms with van der Waals surface area (Å²) >= 11 is 0. The lowest BCUT2D eigenvalue weighted by Crippen LogP contribution is -2.45. The molecule has 6 heteroatoms. The van der Waals surface area contributed by atoms with Crippen LogP contribution in [0.1, 0.15) is 361 Å². The van der Waals surface area contributed by atoms with Crippen LogP contribution in [0.2, 0.25) is 0 Å². The zero-order valence-electron chi connectivity index (χ0n) is 49.8. The van der Waals surface area contributed by atoms with E-state index in [0.29, 0.717) is 25.9 Å². The number of unbranched alkanes of at least 4 members (excludes halogenated alkanes) is 45. The molecule has 0 bridgehead atoms. The van der Waals surface area contributed by atoms with Gasteiger partial charge in [-0.1, -0.05) is 307 Å². The number of aliphatic hydroxyl groups is 2. The van der Waals surface area contributed by atoms with E-state index in [4.69, 9.17) is 4.74 Å². The van der Waals surface area contributed by atoms with Gasteiger partial charge in [0.25, 0.3) is 0 Å². The van der Waals surface area contributed by atoms with Crippen molar-refractivity contribution >= 4 is 11.9 Å². The minimum atomic E-state index is -0.671. The molecule has 3 N–H and O–H groups in total. The highest BCUT2D eigenvalue weighted by molar-refractivity contribution is 5.76. The van der Waals surface area contributed by atoms with Gasteiger partial charge in [0.2, 0.25) is 5.91 Å². The van der Waals surface area contributed by atoms with Gasteiger partial charge < -0.3 is 20.3 Å². The van der Waals surface area contributed by atoms with Crippen LogP contribution in [0.15, 0.2) is 36.5 Å². The molecule has 0 radical (unpaired) electrons. The van der Waals surface area contributed by atoms with E-state index in [1.807, 2.05) is 0 Å². The highest BCUT2D eigenvalue weighted by Gasteiger charge is 2.20. The zero-order chi connectivity index (χ0) is 53.6. The van der Waals surface area contributed by atoms with E-state index in [9.17, 15) is 19.8 Å². The van der Waals surface area contributed by atoms with Crippen LogP contribution >= 0.6 is 0 Å². The third-order valence-electron chi connectivity index (χ3n) is 15.4. The average molecular weight is 1040 g/mol. The van der Waals surface area contributed by atoms with Gasteiger partial charge in [-0.25, -0.2) is 0 Å². The lowest BCUT2D eigenvalue weighted by molar-refractivity contribution is -0.143. The van der Waals surface area contributed by atoms with Gasteiger partial charge in [-0.15, -0.1) is 0 Å². The van der Waals surface area contributed by atoms with Gasteiger partial charge in [0.05, 0.1) is 25.4 Å². The largest absolute Gasteiger partial charge is 0.466 e. The maximum Gasteiger partial charge on any atom is 0.305 e. The van der Waals surface area contributed by atoms with Gasteiger partial charge in [-0.05, 0) is 77.0 Å². The third-order valence-corrected chi connectivity index (χ3v) is 15.4. The molecule has 0 aromatic heterocycles. The van der Waals surface area contributed by atoms with Crippen LogP contribution < -0.4 is 5.32 Å². The summed E-state index contributed by atoms with van der Waals surface area (Å²) in [6.45, 7) is 4.90. The Hall–Kier alpha value is -1.92. The molecule has 436 valence electrons. The Kier molecular flexibility index (Phi) is 62.0. The summed E-state index contributed by atoms with van der Waals surface area (Å²) in [4.78, 5) is 24.6. The maximum atomic E-state index is 12.5. The molecule has 6 nitrogen and oxygen atoms in total. The molecular formula is C68H129NO5.